The Morgan fingerprint density at radius 1 is 1.53 bits per heavy atom. The fourth-order valence-corrected chi connectivity index (χ4v) is 2.10. The van der Waals surface area contributed by atoms with Crippen LogP contribution in [0.3, 0.4) is 0 Å². The van der Waals surface area contributed by atoms with Gasteiger partial charge in [-0.05, 0) is 31.0 Å². The molecule has 0 unspecified atom stereocenters. The van der Waals surface area contributed by atoms with E-state index in [1.165, 1.54) is 0 Å². The molecule has 2 aromatic rings. The maximum atomic E-state index is 12.4. The van der Waals surface area contributed by atoms with Crippen LogP contribution in [0.2, 0.25) is 0 Å². The third-order valence-electron chi connectivity index (χ3n) is 3.18. The number of nitrogens with one attached hydrogen (secondary N) is 1. The van der Waals surface area contributed by atoms with Crippen LogP contribution in [0.5, 0.6) is 0 Å². The molecule has 19 heavy (non-hydrogen) atoms. The summed E-state index contributed by atoms with van der Waals surface area (Å²) in [5.41, 5.74) is 8.04. The number of aromatic nitrogens is 1. The minimum absolute atomic E-state index is 0.0147. The lowest BCUT2D eigenvalue weighted by Gasteiger charge is -2.16. The number of unbranched alkanes of at least 4 members (excludes halogenated alkanes) is 1. The van der Waals surface area contributed by atoms with Crippen molar-refractivity contribution >= 4 is 22.5 Å². The highest BCUT2D eigenvalue weighted by Crippen LogP contribution is 2.22. The van der Waals surface area contributed by atoms with E-state index in [9.17, 15) is 4.79 Å². The molecule has 0 saturated carbocycles. The van der Waals surface area contributed by atoms with Crippen LogP contribution in [0.1, 0.15) is 23.2 Å². The number of nitrogen functional groups attached to an aromatic ring is 1. The second kappa shape index (κ2) is 5.61. The van der Waals surface area contributed by atoms with Crippen molar-refractivity contribution in [1.29, 1.82) is 0 Å². The Morgan fingerprint density at radius 3 is 3.05 bits per heavy atom. The number of aromatic amines is 1. The Labute approximate surface area is 112 Å². The molecule has 100 valence electrons. The predicted octanol–water partition coefficient (Wildman–Crippen LogP) is 2.79. The van der Waals surface area contributed by atoms with E-state index in [0.717, 1.165) is 30.3 Å². The SMILES string of the molecule is C=CCCCN(C)C(=O)c1c[nH]c2ccc(N)cc12. The van der Waals surface area contributed by atoms with Crippen LogP contribution in [-0.2, 0) is 0 Å². The minimum atomic E-state index is 0.0147. The molecule has 0 bridgehead atoms. The van der Waals surface area contributed by atoms with Crippen molar-refractivity contribution < 1.29 is 4.79 Å². The zero-order valence-corrected chi connectivity index (χ0v) is 11.1. The van der Waals surface area contributed by atoms with Crippen LogP contribution in [0.25, 0.3) is 10.9 Å². The van der Waals surface area contributed by atoms with Gasteiger partial charge in [0.25, 0.3) is 5.91 Å². The number of carbonyl (C=O) groups excluding carboxylic acids is 1. The van der Waals surface area contributed by atoms with E-state index in [4.69, 9.17) is 5.73 Å². The van der Waals surface area contributed by atoms with Gasteiger partial charge in [0.15, 0.2) is 0 Å². The average molecular weight is 257 g/mol. The Morgan fingerprint density at radius 2 is 2.32 bits per heavy atom. The van der Waals surface area contributed by atoms with Crippen molar-refractivity contribution in [2.45, 2.75) is 12.8 Å². The Kier molecular flexibility index (Phi) is 3.90. The largest absolute Gasteiger partial charge is 0.399 e. The maximum absolute atomic E-state index is 12.4. The van der Waals surface area contributed by atoms with Gasteiger partial charge in [-0.15, -0.1) is 6.58 Å². The summed E-state index contributed by atoms with van der Waals surface area (Å²) < 4.78 is 0. The monoisotopic (exact) mass is 257 g/mol. The second-order valence-corrected chi connectivity index (χ2v) is 4.66. The molecule has 0 fully saturated rings. The molecular formula is C15H19N3O. The standard InChI is InChI=1S/C15H19N3O/c1-3-4-5-8-18(2)15(19)13-10-17-14-7-6-11(16)9-12(13)14/h3,6-7,9-10,17H,1,4-5,8,16H2,2H3. The van der Waals surface area contributed by atoms with Gasteiger partial charge in [-0.25, -0.2) is 0 Å². The smallest absolute Gasteiger partial charge is 0.255 e. The van der Waals surface area contributed by atoms with Crippen molar-refractivity contribution in [1.82, 2.24) is 9.88 Å². The van der Waals surface area contributed by atoms with Gasteiger partial charge in [-0.1, -0.05) is 6.08 Å². The van der Waals surface area contributed by atoms with Gasteiger partial charge < -0.3 is 15.6 Å². The molecular weight excluding hydrogens is 238 g/mol. The number of hydrogen-bond acceptors (Lipinski definition) is 2. The van der Waals surface area contributed by atoms with Gasteiger partial charge in [0.2, 0.25) is 0 Å². The lowest BCUT2D eigenvalue weighted by atomic mass is 10.1. The molecule has 1 heterocycles. The Hall–Kier alpha value is -2.23. The molecule has 0 aliphatic heterocycles. The summed E-state index contributed by atoms with van der Waals surface area (Å²) in [6.07, 6.45) is 5.45. The molecule has 3 N–H and O–H groups in total. The van der Waals surface area contributed by atoms with Crippen LogP contribution in [0.4, 0.5) is 5.69 Å². The first-order chi connectivity index (χ1) is 9.13. The van der Waals surface area contributed by atoms with Crippen LogP contribution in [0, 0.1) is 0 Å². The summed E-state index contributed by atoms with van der Waals surface area (Å²) in [5, 5.41) is 0.876. The average Bonchev–Trinajstić information content (AvgIpc) is 2.80. The summed E-state index contributed by atoms with van der Waals surface area (Å²) in [6, 6.07) is 5.54. The van der Waals surface area contributed by atoms with E-state index in [1.54, 1.807) is 11.1 Å². The molecule has 1 aromatic carbocycles. The van der Waals surface area contributed by atoms with Crippen LogP contribution >= 0.6 is 0 Å². The highest BCUT2D eigenvalue weighted by Gasteiger charge is 2.15. The highest BCUT2D eigenvalue weighted by molar-refractivity contribution is 6.07. The Balaban J connectivity index is 2.21. The molecule has 0 atom stereocenters. The van der Waals surface area contributed by atoms with E-state index in [2.05, 4.69) is 11.6 Å². The fraction of sp³-hybridized carbons (Fsp3) is 0.267. The molecule has 0 aliphatic carbocycles. The quantitative estimate of drug-likeness (QED) is 0.491. The van der Waals surface area contributed by atoms with Gasteiger partial charge in [-0.2, -0.15) is 0 Å². The van der Waals surface area contributed by atoms with E-state index in [0.29, 0.717) is 11.3 Å². The van der Waals surface area contributed by atoms with Crippen molar-refractivity contribution in [2.24, 2.45) is 0 Å². The van der Waals surface area contributed by atoms with E-state index in [1.807, 2.05) is 31.3 Å². The number of amides is 1. The van der Waals surface area contributed by atoms with Crippen molar-refractivity contribution in [2.75, 3.05) is 19.3 Å². The second-order valence-electron chi connectivity index (χ2n) is 4.66. The van der Waals surface area contributed by atoms with E-state index < -0.39 is 0 Å². The number of anilines is 1. The fourth-order valence-electron chi connectivity index (χ4n) is 2.10. The predicted molar refractivity (Wildman–Crippen MR) is 79.1 cm³/mol. The number of nitrogens with zero attached hydrogens (tertiary/aromatic N) is 1. The zero-order chi connectivity index (χ0) is 13.8. The maximum Gasteiger partial charge on any atom is 0.255 e. The topological polar surface area (TPSA) is 62.1 Å². The third-order valence-corrected chi connectivity index (χ3v) is 3.18. The number of carbonyl (C=O) groups is 1. The van der Waals surface area contributed by atoms with Crippen LogP contribution in [0.15, 0.2) is 37.1 Å². The zero-order valence-electron chi connectivity index (χ0n) is 11.1. The first-order valence-corrected chi connectivity index (χ1v) is 6.36. The van der Waals surface area contributed by atoms with Gasteiger partial charge in [-0.3, -0.25) is 4.79 Å². The summed E-state index contributed by atoms with van der Waals surface area (Å²) in [7, 11) is 1.82. The summed E-state index contributed by atoms with van der Waals surface area (Å²) >= 11 is 0. The first-order valence-electron chi connectivity index (χ1n) is 6.36. The molecule has 1 aromatic heterocycles. The number of rotatable bonds is 5. The van der Waals surface area contributed by atoms with Crippen LogP contribution in [-0.4, -0.2) is 29.4 Å². The molecule has 0 saturated heterocycles. The summed E-state index contributed by atoms with van der Waals surface area (Å²) in [4.78, 5) is 17.2. The van der Waals surface area contributed by atoms with Crippen LogP contribution < -0.4 is 5.73 Å². The van der Waals surface area contributed by atoms with Gasteiger partial charge in [0.1, 0.15) is 0 Å². The molecule has 4 heteroatoms. The molecule has 2 rings (SSSR count). The summed E-state index contributed by atoms with van der Waals surface area (Å²) in [5.74, 6) is 0.0147. The van der Waals surface area contributed by atoms with Crippen molar-refractivity contribution in [3.05, 3.63) is 42.6 Å². The van der Waals surface area contributed by atoms with E-state index >= 15 is 0 Å². The molecule has 1 amide bonds. The number of fused-ring (bicyclic) bond motifs is 1. The van der Waals surface area contributed by atoms with Gasteiger partial charge >= 0.3 is 0 Å². The minimum Gasteiger partial charge on any atom is -0.399 e. The summed E-state index contributed by atoms with van der Waals surface area (Å²) in [6.45, 7) is 4.40. The Bertz CT molecular complexity index is 600. The van der Waals surface area contributed by atoms with Gasteiger partial charge in [0, 0.05) is 36.4 Å². The van der Waals surface area contributed by atoms with Gasteiger partial charge in [0.05, 0.1) is 5.56 Å². The number of H-pyrrole nitrogens is 1. The lowest BCUT2D eigenvalue weighted by Crippen LogP contribution is -2.27. The normalized spacial score (nSPS) is 10.6. The third kappa shape index (κ3) is 2.78. The number of benzene rings is 1. The van der Waals surface area contributed by atoms with Crippen molar-refractivity contribution in [3.8, 4) is 0 Å². The number of hydrogen-bond donors (Lipinski definition) is 2. The number of allylic oxidation sites excluding steroid dienone is 1. The first kappa shape index (κ1) is 13.2. The molecule has 0 radical (unpaired) electrons. The number of nitrogens with two attached hydrogens (primary N) is 1. The molecule has 0 aliphatic rings. The lowest BCUT2D eigenvalue weighted by molar-refractivity contribution is 0.0796. The molecule has 0 spiro atoms. The van der Waals surface area contributed by atoms with E-state index in [-0.39, 0.29) is 5.91 Å². The highest BCUT2D eigenvalue weighted by atomic mass is 16.2. The van der Waals surface area contributed by atoms with Crippen molar-refractivity contribution in [3.63, 3.8) is 0 Å². The molecule has 4 nitrogen and oxygen atoms in total.